The molecule has 1 aliphatic carbocycles. The predicted octanol–water partition coefficient (Wildman–Crippen LogP) is 5.59. The number of benzene rings is 2. The Labute approximate surface area is 261 Å². The summed E-state index contributed by atoms with van der Waals surface area (Å²) in [6.45, 7) is 4.61. The van der Waals surface area contributed by atoms with Gasteiger partial charge in [0, 0.05) is 47.2 Å². The lowest BCUT2D eigenvalue weighted by atomic mass is 9.79. The van der Waals surface area contributed by atoms with E-state index < -0.39 is 17.5 Å². The van der Waals surface area contributed by atoms with Crippen molar-refractivity contribution in [2.75, 3.05) is 18.5 Å². The number of H-pyrrole nitrogens is 1. The highest BCUT2D eigenvalue weighted by Gasteiger charge is 2.50. The Morgan fingerprint density at radius 1 is 1.11 bits per heavy atom. The minimum absolute atomic E-state index is 0. The number of β-amino-alcohol motifs (C(OH)–C–C–N with tert-alkyl or cyclic N) is 1. The smallest absolute Gasteiger partial charge is 0.337 e. The molecule has 0 saturated heterocycles. The topological polar surface area (TPSA) is 146 Å². The summed E-state index contributed by atoms with van der Waals surface area (Å²) in [6, 6.07) is 14.4. The zero-order chi connectivity index (χ0) is 30.2. The van der Waals surface area contributed by atoms with Gasteiger partial charge in [-0.25, -0.2) is 9.78 Å². The molecule has 0 bridgehead atoms. The van der Waals surface area contributed by atoms with Crippen LogP contribution in [-0.4, -0.2) is 56.9 Å². The maximum Gasteiger partial charge on any atom is 0.337 e. The van der Waals surface area contributed by atoms with E-state index in [-0.39, 0.29) is 36.0 Å². The number of hydrogen-bond donors (Lipinski definition) is 5. The van der Waals surface area contributed by atoms with Gasteiger partial charge in [-0.15, -0.1) is 12.4 Å². The molecule has 1 aliphatic heterocycles. The van der Waals surface area contributed by atoms with Crippen molar-refractivity contribution in [1.82, 2.24) is 15.3 Å². The number of aliphatic hydroxyl groups is 1. The minimum atomic E-state index is -1.04. The van der Waals surface area contributed by atoms with E-state index in [9.17, 15) is 14.7 Å². The summed E-state index contributed by atoms with van der Waals surface area (Å²) in [5.41, 5.74) is 2.88. The van der Waals surface area contributed by atoms with E-state index in [2.05, 4.69) is 34.4 Å². The number of amides is 1. The summed E-state index contributed by atoms with van der Waals surface area (Å²) >= 11 is 0. The van der Waals surface area contributed by atoms with Gasteiger partial charge in [-0.1, -0.05) is 31.0 Å². The quantitative estimate of drug-likeness (QED) is 0.146. The van der Waals surface area contributed by atoms with Crippen LogP contribution in [0.5, 0.6) is 17.4 Å². The number of carbonyl (C=O) groups excluding carboxylic acids is 1. The number of aliphatic hydroxyl groups excluding tert-OH is 1. The maximum absolute atomic E-state index is 12.8. The van der Waals surface area contributed by atoms with E-state index in [0.717, 1.165) is 53.4 Å². The van der Waals surface area contributed by atoms with E-state index in [1.807, 2.05) is 42.6 Å². The molecule has 11 heteroatoms. The third kappa shape index (κ3) is 6.10. The Kier molecular flexibility index (Phi) is 8.88. The van der Waals surface area contributed by atoms with Gasteiger partial charge in [0.25, 0.3) is 0 Å². The monoisotopic (exact) mass is 620 g/mol. The lowest BCUT2D eigenvalue weighted by molar-refractivity contribution is -0.120. The Morgan fingerprint density at radius 3 is 2.59 bits per heavy atom. The van der Waals surface area contributed by atoms with Crippen LogP contribution in [0.4, 0.5) is 5.69 Å². The lowest BCUT2D eigenvalue weighted by Gasteiger charge is -2.28. The number of fused-ring (bicyclic) bond motifs is 3. The van der Waals surface area contributed by atoms with Crippen LogP contribution in [0.25, 0.3) is 10.9 Å². The zero-order valence-electron chi connectivity index (χ0n) is 24.7. The van der Waals surface area contributed by atoms with E-state index in [4.69, 9.17) is 14.6 Å². The largest absolute Gasteiger partial charge is 0.490 e. The molecular formula is C33H37ClN4O6. The molecule has 2 aliphatic rings. The first-order chi connectivity index (χ1) is 20.6. The molecule has 10 nitrogen and oxygen atoms in total. The van der Waals surface area contributed by atoms with Crippen molar-refractivity contribution >= 4 is 40.9 Å². The molecule has 4 aromatic rings. The number of anilines is 1. The van der Waals surface area contributed by atoms with Crippen molar-refractivity contribution in [2.45, 2.75) is 63.0 Å². The lowest BCUT2D eigenvalue weighted by Crippen LogP contribution is -2.46. The predicted molar refractivity (Wildman–Crippen MR) is 169 cm³/mol. The fourth-order valence-electron chi connectivity index (χ4n) is 6.33. The molecule has 6 rings (SSSR count). The molecule has 2 aromatic heterocycles. The number of pyridine rings is 1. The zero-order valence-corrected chi connectivity index (χ0v) is 25.5. The van der Waals surface area contributed by atoms with Crippen molar-refractivity contribution in [3.05, 3.63) is 77.6 Å². The number of rotatable bonds is 11. The van der Waals surface area contributed by atoms with Gasteiger partial charge in [0.15, 0.2) is 5.75 Å². The number of nitrogens with one attached hydrogen (secondary N) is 3. The number of carboxylic acid groups (broad SMARTS) is 1. The molecule has 232 valence electrons. The first-order valence-electron chi connectivity index (χ1n) is 14.6. The number of para-hydroxylation sites is 1. The molecule has 2 aromatic carbocycles. The third-order valence-electron chi connectivity index (χ3n) is 8.49. The van der Waals surface area contributed by atoms with Crippen LogP contribution < -0.4 is 20.1 Å². The fourth-order valence-corrected chi connectivity index (χ4v) is 6.33. The van der Waals surface area contributed by atoms with Crippen LogP contribution in [0.3, 0.4) is 0 Å². The van der Waals surface area contributed by atoms with Crippen molar-refractivity contribution in [1.29, 1.82) is 0 Å². The van der Waals surface area contributed by atoms with Crippen LogP contribution in [0, 0.1) is 0 Å². The second-order valence-corrected chi connectivity index (χ2v) is 12.1. The Morgan fingerprint density at radius 2 is 1.86 bits per heavy atom. The molecule has 0 radical (unpaired) electrons. The van der Waals surface area contributed by atoms with Crippen molar-refractivity contribution in [3.8, 4) is 17.4 Å². The highest BCUT2D eigenvalue weighted by Crippen LogP contribution is 2.52. The average molecular weight is 621 g/mol. The molecule has 1 atom stereocenters. The first kappa shape index (κ1) is 31.3. The van der Waals surface area contributed by atoms with E-state index in [1.165, 1.54) is 18.3 Å². The standard InChI is InChI=1S/C33H36N4O6.ClH/c1-32(2,15-21-17-35-29-23(21)7-5-10-26(29)43-27-12-11-20(16-34-27)30(39)40)36-18-22(38)19-42-25-9-6-8-24-28(25)33(31(41)37-24)13-3-4-14-33;/h5-12,16-17,22,35-36,38H,3-4,13-15,18-19H2,1-2H3,(H,37,41)(H,39,40);1H/t22-;/m0./s1. The van der Waals surface area contributed by atoms with Gasteiger partial charge in [0.2, 0.25) is 11.8 Å². The number of carbonyl (C=O) groups is 2. The second kappa shape index (κ2) is 12.5. The van der Waals surface area contributed by atoms with Gasteiger partial charge >= 0.3 is 5.97 Å². The van der Waals surface area contributed by atoms with Crippen LogP contribution in [0.1, 0.15) is 61.0 Å². The number of halogens is 1. The van der Waals surface area contributed by atoms with Gasteiger partial charge in [-0.3, -0.25) is 4.79 Å². The molecule has 1 fully saturated rings. The number of aromatic nitrogens is 2. The summed E-state index contributed by atoms with van der Waals surface area (Å²) in [7, 11) is 0. The number of carboxylic acids is 1. The second-order valence-electron chi connectivity index (χ2n) is 12.1. The van der Waals surface area contributed by atoms with E-state index >= 15 is 0 Å². The summed E-state index contributed by atoms with van der Waals surface area (Å²) < 4.78 is 12.1. The van der Waals surface area contributed by atoms with Gasteiger partial charge < -0.3 is 35.3 Å². The van der Waals surface area contributed by atoms with Crippen molar-refractivity contribution in [2.24, 2.45) is 0 Å². The number of nitrogens with zero attached hydrogens (tertiary/aromatic N) is 1. The number of hydrogen-bond acceptors (Lipinski definition) is 7. The SMILES string of the molecule is CC(C)(Cc1c[nH]c2c(Oc3ccc(C(=O)O)cn3)cccc12)NC[C@H](O)COc1cccc2c1C1(CCCC1)C(=O)N2.Cl. The maximum atomic E-state index is 12.8. The van der Waals surface area contributed by atoms with Crippen LogP contribution in [0.2, 0.25) is 0 Å². The minimum Gasteiger partial charge on any atom is -0.490 e. The highest BCUT2D eigenvalue weighted by molar-refractivity contribution is 6.07. The summed E-state index contributed by atoms with van der Waals surface area (Å²) in [6.07, 6.45) is 6.83. The molecule has 44 heavy (non-hydrogen) atoms. The normalized spacial score (nSPS) is 15.9. The van der Waals surface area contributed by atoms with Crippen molar-refractivity contribution in [3.63, 3.8) is 0 Å². The molecule has 3 heterocycles. The van der Waals surface area contributed by atoms with Gasteiger partial charge in [-0.05, 0) is 62.9 Å². The summed E-state index contributed by atoms with van der Waals surface area (Å²) in [4.78, 5) is 31.4. The number of aromatic carboxylic acids is 1. The Balaban J connectivity index is 0.00000384. The Hall–Kier alpha value is -4.12. The molecule has 1 saturated carbocycles. The summed E-state index contributed by atoms with van der Waals surface area (Å²) in [5.74, 6) is 0.566. The molecular weight excluding hydrogens is 584 g/mol. The van der Waals surface area contributed by atoms with E-state index in [1.54, 1.807) is 0 Å². The highest BCUT2D eigenvalue weighted by atomic mass is 35.5. The van der Waals surface area contributed by atoms with Crippen LogP contribution >= 0.6 is 12.4 Å². The first-order valence-corrected chi connectivity index (χ1v) is 14.6. The van der Waals surface area contributed by atoms with Gasteiger partial charge in [0.1, 0.15) is 18.5 Å². The van der Waals surface area contributed by atoms with E-state index in [0.29, 0.717) is 30.3 Å². The van der Waals surface area contributed by atoms with Crippen LogP contribution in [-0.2, 0) is 16.6 Å². The third-order valence-corrected chi connectivity index (χ3v) is 8.49. The average Bonchev–Trinajstić information content (AvgIpc) is 3.70. The van der Waals surface area contributed by atoms with Gasteiger partial charge in [-0.2, -0.15) is 0 Å². The molecule has 1 spiro atoms. The molecule has 1 amide bonds. The number of ether oxygens (including phenoxy) is 2. The Bertz CT molecular complexity index is 1660. The van der Waals surface area contributed by atoms with Crippen molar-refractivity contribution < 1.29 is 29.3 Å². The fraction of sp³-hybridized carbons (Fsp3) is 0.364. The van der Waals surface area contributed by atoms with Gasteiger partial charge in [0.05, 0.1) is 16.5 Å². The number of aromatic amines is 1. The molecule has 0 unspecified atom stereocenters. The van der Waals surface area contributed by atoms with Crippen LogP contribution in [0.15, 0.2) is 60.9 Å². The molecule has 5 N–H and O–H groups in total. The summed E-state index contributed by atoms with van der Waals surface area (Å²) in [5, 5.41) is 27.4.